The Labute approximate surface area is 191 Å². The van der Waals surface area contributed by atoms with E-state index in [1.807, 2.05) is 30.3 Å². The van der Waals surface area contributed by atoms with Gasteiger partial charge in [0.25, 0.3) is 0 Å². The van der Waals surface area contributed by atoms with E-state index in [1.165, 1.54) is 5.69 Å². The molecule has 31 heavy (non-hydrogen) atoms. The van der Waals surface area contributed by atoms with Crippen molar-refractivity contribution in [2.75, 3.05) is 42.7 Å². The molecule has 0 bridgehead atoms. The van der Waals surface area contributed by atoms with Gasteiger partial charge in [-0.2, -0.15) is 0 Å². The normalized spacial score (nSPS) is 15.2. The first-order valence-electron chi connectivity index (χ1n) is 10.2. The summed E-state index contributed by atoms with van der Waals surface area (Å²) in [5.74, 6) is 0.801. The van der Waals surface area contributed by atoms with E-state index < -0.39 is 0 Å². The highest BCUT2D eigenvalue weighted by Gasteiger charge is 2.17. The molecule has 1 N–H and O–H groups in total. The minimum absolute atomic E-state index is 0.801. The zero-order chi connectivity index (χ0) is 21.6. The smallest absolute Gasteiger partial charge is 0.189 e. The molecule has 1 saturated heterocycles. The summed E-state index contributed by atoms with van der Waals surface area (Å²) < 4.78 is 2.40. The first-order chi connectivity index (χ1) is 15.2. The van der Waals surface area contributed by atoms with Crippen molar-refractivity contribution in [2.24, 2.45) is 0 Å². The van der Waals surface area contributed by atoms with Crippen LogP contribution in [-0.2, 0) is 0 Å². The van der Waals surface area contributed by atoms with Crippen LogP contribution in [0.5, 0.6) is 0 Å². The fraction of sp³-hybridized carbons (Fsp3) is 0.261. The minimum Gasteiger partial charge on any atom is -0.369 e. The SMILES string of the molecule is C=Cc1nc(Nc2cc(N3CCN(SC)CC3)ccn2)sc1/C=C(\C)c1ccncc1. The first-order valence-corrected chi connectivity index (χ1v) is 12.1. The second-order valence-corrected chi connectivity index (χ2v) is 9.07. The van der Waals surface area contributed by atoms with Gasteiger partial charge in [-0.05, 0) is 54.7 Å². The van der Waals surface area contributed by atoms with Crippen LogP contribution in [0.1, 0.15) is 23.1 Å². The molecule has 1 aliphatic rings. The van der Waals surface area contributed by atoms with E-state index in [1.54, 1.807) is 29.8 Å². The maximum Gasteiger partial charge on any atom is 0.189 e. The quantitative estimate of drug-likeness (QED) is 0.491. The molecule has 0 atom stereocenters. The van der Waals surface area contributed by atoms with Crippen LogP contribution < -0.4 is 10.2 Å². The average Bonchev–Trinajstić information content (AvgIpc) is 3.20. The highest BCUT2D eigenvalue weighted by Crippen LogP contribution is 2.31. The number of anilines is 3. The van der Waals surface area contributed by atoms with Gasteiger partial charge in [0.05, 0.1) is 10.6 Å². The molecule has 1 aliphatic heterocycles. The van der Waals surface area contributed by atoms with Crippen LogP contribution in [0.4, 0.5) is 16.6 Å². The fourth-order valence-corrected chi connectivity index (χ4v) is 4.97. The highest BCUT2D eigenvalue weighted by molar-refractivity contribution is 7.96. The zero-order valence-corrected chi connectivity index (χ0v) is 19.4. The first kappa shape index (κ1) is 21.5. The maximum absolute atomic E-state index is 4.70. The minimum atomic E-state index is 0.801. The number of pyridine rings is 2. The van der Waals surface area contributed by atoms with Gasteiger partial charge in [-0.3, -0.25) is 4.98 Å². The van der Waals surface area contributed by atoms with Crippen molar-refractivity contribution < 1.29 is 0 Å². The molecule has 0 amide bonds. The van der Waals surface area contributed by atoms with Gasteiger partial charge >= 0.3 is 0 Å². The number of hydrogen-bond acceptors (Lipinski definition) is 8. The third-order valence-corrected chi connectivity index (χ3v) is 7.01. The van der Waals surface area contributed by atoms with Crippen molar-refractivity contribution in [3.8, 4) is 0 Å². The zero-order valence-electron chi connectivity index (χ0n) is 17.8. The molecule has 8 heteroatoms. The summed E-state index contributed by atoms with van der Waals surface area (Å²) in [4.78, 5) is 16.8. The average molecular weight is 451 g/mol. The number of thiazole rings is 1. The largest absolute Gasteiger partial charge is 0.369 e. The molecule has 160 valence electrons. The molecule has 0 unspecified atom stereocenters. The van der Waals surface area contributed by atoms with E-state index in [9.17, 15) is 0 Å². The van der Waals surface area contributed by atoms with Crippen molar-refractivity contribution >= 4 is 57.6 Å². The Bertz CT molecular complexity index is 1050. The standard InChI is InChI=1S/C23H26N6S2/c1-4-20-21(15-17(2)18-5-8-24-9-6-18)31-23(26-20)27-22-16-19(7-10-25-22)28-11-13-29(30-3)14-12-28/h4-10,15-16H,1,11-14H2,2-3H3,(H,25,26,27)/b17-15+. The van der Waals surface area contributed by atoms with Crippen molar-refractivity contribution in [3.63, 3.8) is 0 Å². The number of aromatic nitrogens is 3. The van der Waals surface area contributed by atoms with Gasteiger partial charge in [0.1, 0.15) is 5.82 Å². The molecular weight excluding hydrogens is 424 g/mol. The monoisotopic (exact) mass is 450 g/mol. The van der Waals surface area contributed by atoms with E-state index in [0.717, 1.165) is 58.8 Å². The van der Waals surface area contributed by atoms with Gasteiger partial charge in [0, 0.05) is 56.5 Å². The Morgan fingerprint density at radius 2 is 1.94 bits per heavy atom. The molecule has 0 radical (unpaired) electrons. The van der Waals surface area contributed by atoms with Gasteiger partial charge in [-0.25, -0.2) is 14.3 Å². The molecule has 3 aromatic rings. The molecular formula is C23H26N6S2. The van der Waals surface area contributed by atoms with Crippen LogP contribution in [0.3, 0.4) is 0 Å². The molecule has 0 aliphatic carbocycles. The van der Waals surface area contributed by atoms with Crippen LogP contribution in [0.25, 0.3) is 17.7 Å². The Balaban J connectivity index is 1.51. The third-order valence-electron chi connectivity index (χ3n) is 5.20. The topological polar surface area (TPSA) is 57.2 Å². The van der Waals surface area contributed by atoms with Gasteiger partial charge in [0.2, 0.25) is 0 Å². The molecule has 3 aromatic heterocycles. The number of hydrogen-bond donors (Lipinski definition) is 1. The molecule has 0 aromatic carbocycles. The summed E-state index contributed by atoms with van der Waals surface area (Å²) in [5.41, 5.74) is 4.35. The van der Waals surface area contributed by atoms with E-state index in [2.05, 4.69) is 62.5 Å². The fourth-order valence-electron chi connectivity index (χ4n) is 3.46. The predicted octanol–water partition coefficient (Wildman–Crippen LogP) is 5.28. The van der Waals surface area contributed by atoms with Crippen LogP contribution in [0.15, 0.2) is 49.4 Å². The second kappa shape index (κ2) is 10.1. The number of rotatable bonds is 7. The maximum atomic E-state index is 4.70. The Kier molecular flexibility index (Phi) is 7.01. The van der Waals surface area contributed by atoms with Crippen LogP contribution >= 0.6 is 23.3 Å². The van der Waals surface area contributed by atoms with Gasteiger partial charge in [-0.15, -0.1) is 0 Å². The van der Waals surface area contributed by atoms with Crippen molar-refractivity contribution in [1.82, 2.24) is 19.3 Å². The van der Waals surface area contributed by atoms with E-state index >= 15 is 0 Å². The summed E-state index contributed by atoms with van der Waals surface area (Å²) in [6, 6.07) is 8.19. The van der Waals surface area contributed by atoms with E-state index in [4.69, 9.17) is 4.98 Å². The number of piperazine rings is 1. The van der Waals surface area contributed by atoms with Crippen molar-refractivity contribution in [3.05, 3.63) is 65.6 Å². The lowest BCUT2D eigenvalue weighted by Crippen LogP contribution is -2.43. The third kappa shape index (κ3) is 5.33. The number of nitrogens with zero attached hydrogens (tertiary/aromatic N) is 5. The Hall–Kier alpha value is -2.68. The van der Waals surface area contributed by atoms with E-state index in [0.29, 0.717) is 0 Å². The summed E-state index contributed by atoms with van der Waals surface area (Å²) in [6.45, 7) is 10.2. The summed E-state index contributed by atoms with van der Waals surface area (Å²) in [5, 5.41) is 4.19. The molecule has 0 saturated carbocycles. The van der Waals surface area contributed by atoms with Crippen molar-refractivity contribution in [2.45, 2.75) is 6.92 Å². The van der Waals surface area contributed by atoms with E-state index in [-0.39, 0.29) is 0 Å². The summed E-state index contributed by atoms with van der Waals surface area (Å²) >= 11 is 3.41. The van der Waals surface area contributed by atoms with Crippen LogP contribution in [0, 0.1) is 0 Å². The van der Waals surface area contributed by atoms with Crippen LogP contribution in [0.2, 0.25) is 0 Å². The van der Waals surface area contributed by atoms with Gasteiger partial charge in [-0.1, -0.05) is 29.9 Å². The Morgan fingerprint density at radius 1 is 1.16 bits per heavy atom. The molecule has 6 nitrogen and oxygen atoms in total. The number of allylic oxidation sites excluding steroid dienone is 1. The predicted molar refractivity (Wildman–Crippen MR) is 135 cm³/mol. The Morgan fingerprint density at radius 3 is 2.65 bits per heavy atom. The molecule has 1 fully saturated rings. The lowest BCUT2D eigenvalue weighted by atomic mass is 10.1. The van der Waals surface area contributed by atoms with Gasteiger partial charge in [0.15, 0.2) is 5.13 Å². The lowest BCUT2D eigenvalue weighted by Gasteiger charge is -2.34. The second-order valence-electron chi connectivity index (χ2n) is 7.16. The summed E-state index contributed by atoms with van der Waals surface area (Å²) in [7, 11) is 0. The molecule has 0 spiro atoms. The number of nitrogens with one attached hydrogen (secondary N) is 1. The lowest BCUT2D eigenvalue weighted by molar-refractivity contribution is 0.431. The summed E-state index contributed by atoms with van der Waals surface area (Å²) in [6.07, 6.45) is 11.5. The van der Waals surface area contributed by atoms with Crippen LogP contribution in [-0.4, -0.2) is 51.7 Å². The molecule has 4 heterocycles. The molecule has 4 rings (SSSR count). The van der Waals surface area contributed by atoms with Crippen molar-refractivity contribution in [1.29, 1.82) is 0 Å². The van der Waals surface area contributed by atoms with Gasteiger partial charge < -0.3 is 10.2 Å². The highest BCUT2D eigenvalue weighted by atomic mass is 32.2.